The second-order valence-corrected chi connectivity index (χ2v) is 8.03. The molecule has 0 spiro atoms. The summed E-state index contributed by atoms with van der Waals surface area (Å²) in [5, 5.41) is 5.67. The van der Waals surface area contributed by atoms with E-state index in [0.717, 1.165) is 11.1 Å². The molecule has 0 bridgehead atoms. The highest BCUT2D eigenvalue weighted by atomic mass is 79.9. The van der Waals surface area contributed by atoms with Crippen molar-refractivity contribution in [1.82, 2.24) is 10.6 Å². The standard InChI is InChI=1S/C23H25BrN2O4/c1-5-29-18-12-16(11-17(24)22(18)30-13(2)3)21-19(14(4)27)20(25-23(28)26-21)15-9-7-6-8-10-15/h6-13,21H,5H2,1-4H3,(H2,25,26,28)/t21-/m0/s1. The summed E-state index contributed by atoms with van der Waals surface area (Å²) in [4.78, 5) is 25.1. The minimum absolute atomic E-state index is 0.0395. The average Bonchev–Trinajstić information content (AvgIpc) is 2.70. The number of ether oxygens (including phenoxy) is 2. The average molecular weight is 473 g/mol. The summed E-state index contributed by atoms with van der Waals surface area (Å²) in [6.45, 7) is 7.71. The van der Waals surface area contributed by atoms with E-state index in [2.05, 4.69) is 26.6 Å². The predicted octanol–water partition coefficient (Wildman–Crippen LogP) is 4.99. The van der Waals surface area contributed by atoms with Crippen LogP contribution in [-0.2, 0) is 4.79 Å². The monoisotopic (exact) mass is 472 g/mol. The van der Waals surface area contributed by atoms with Gasteiger partial charge in [0.25, 0.3) is 0 Å². The van der Waals surface area contributed by atoms with Crippen molar-refractivity contribution in [2.24, 2.45) is 0 Å². The van der Waals surface area contributed by atoms with Crippen LogP contribution in [0.3, 0.4) is 0 Å². The third-order valence-corrected chi connectivity index (χ3v) is 5.12. The summed E-state index contributed by atoms with van der Waals surface area (Å²) < 4.78 is 12.4. The number of benzene rings is 2. The van der Waals surface area contributed by atoms with Crippen LogP contribution in [0.1, 0.15) is 44.9 Å². The summed E-state index contributed by atoms with van der Waals surface area (Å²) in [6, 6.07) is 12.0. The Hall–Kier alpha value is -2.80. The van der Waals surface area contributed by atoms with Gasteiger partial charge >= 0.3 is 6.03 Å². The Labute approximate surface area is 184 Å². The van der Waals surface area contributed by atoms with E-state index in [-0.39, 0.29) is 17.9 Å². The van der Waals surface area contributed by atoms with Gasteiger partial charge in [-0.1, -0.05) is 30.3 Å². The number of carbonyl (C=O) groups excluding carboxylic acids is 2. The second-order valence-electron chi connectivity index (χ2n) is 7.17. The van der Waals surface area contributed by atoms with Crippen molar-refractivity contribution in [3.63, 3.8) is 0 Å². The summed E-state index contributed by atoms with van der Waals surface area (Å²) in [7, 11) is 0. The number of urea groups is 1. The minimum Gasteiger partial charge on any atom is -0.490 e. The first-order valence-corrected chi connectivity index (χ1v) is 10.6. The summed E-state index contributed by atoms with van der Waals surface area (Å²) >= 11 is 3.56. The topological polar surface area (TPSA) is 76.7 Å². The molecule has 1 atom stereocenters. The van der Waals surface area contributed by atoms with E-state index in [1.54, 1.807) is 0 Å². The fraction of sp³-hybridized carbons (Fsp3) is 0.304. The van der Waals surface area contributed by atoms with E-state index in [1.807, 2.05) is 63.2 Å². The molecule has 2 N–H and O–H groups in total. The van der Waals surface area contributed by atoms with Crippen molar-refractivity contribution >= 4 is 33.4 Å². The number of hydrogen-bond donors (Lipinski definition) is 2. The molecule has 2 amide bonds. The highest BCUT2D eigenvalue weighted by molar-refractivity contribution is 9.10. The summed E-state index contributed by atoms with van der Waals surface area (Å²) in [6.07, 6.45) is -0.0395. The van der Waals surface area contributed by atoms with Crippen LogP contribution in [0.25, 0.3) is 5.70 Å². The molecule has 158 valence electrons. The number of halogens is 1. The van der Waals surface area contributed by atoms with Gasteiger partial charge in [-0.25, -0.2) is 4.79 Å². The molecule has 1 aliphatic heterocycles. The molecule has 0 aromatic heterocycles. The lowest BCUT2D eigenvalue weighted by atomic mass is 9.90. The Bertz CT molecular complexity index is 986. The zero-order valence-electron chi connectivity index (χ0n) is 17.4. The van der Waals surface area contributed by atoms with Crippen LogP contribution < -0.4 is 20.1 Å². The molecule has 3 rings (SSSR count). The van der Waals surface area contributed by atoms with E-state index in [0.29, 0.717) is 33.8 Å². The molecule has 0 unspecified atom stereocenters. The number of carbonyl (C=O) groups is 2. The molecule has 0 radical (unpaired) electrons. The lowest BCUT2D eigenvalue weighted by molar-refractivity contribution is -0.113. The van der Waals surface area contributed by atoms with E-state index < -0.39 is 6.04 Å². The first-order valence-electron chi connectivity index (χ1n) is 9.82. The van der Waals surface area contributed by atoms with Crippen LogP contribution in [0.4, 0.5) is 4.79 Å². The maximum Gasteiger partial charge on any atom is 0.320 e. The van der Waals surface area contributed by atoms with E-state index in [1.165, 1.54) is 6.92 Å². The zero-order chi connectivity index (χ0) is 21.8. The number of amides is 2. The number of hydrogen-bond acceptors (Lipinski definition) is 4. The molecule has 2 aromatic carbocycles. The van der Waals surface area contributed by atoms with Gasteiger partial charge in [0.05, 0.1) is 28.9 Å². The van der Waals surface area contributed by atoms with Gasteiger partial charge < -0.3 is 20.1 Å². The summed E-state index contributed by atoms with van der Waals surface area (Å²) in [5.74, 6) is 1.00. The number of rotatable bonds is 7. The molecular weight excluding hydrogens is 448 g/mol. The Morgan fingerprint density at radius 2 is 1.90 bits per heavy atom. The molecule has 0 aliphatic carbocycles. The number of nitrogens with one attached hydrogen (secondary N) is 2. The van der Waals surface area contributed by atoms with Crippen molar-refractivity contribution in [2.45, 2.75) is 39.8 Å². The molecule has 0 saturated heterocycles. The number of Topliss-reactive ketones (excluding diaryl/α,β-unsaturated/α-hetero) is 1. The quantitative estimate of drug-likeness (QED) is 0.594. The molecule has 7 heteroatoms. The molecule has 1 heterocycles. The lowest BCUT2D eigenvalue weighted by Gasteiger charge is -2.30. The highest BCUT2D eigenvalue weighted by Gasteiger charge is 2.32. The fourth-order valence-electron chi connectivity index (χ4n) is 3.39. The number of ketones is 1. The smallest absolute Gasteiger partial charge is 0.320 e. The van der Waals surface area contributed by atoms with Gasteiger partial charge in [0.1, 0.15) is 0 Å². The molecule has 6 nitrogen and oxygen atoms in total. The molecule has 2 aromatic rings. The molecule has 0 fully saturated rings. The second kappa shape index (κ2) is 9.34. The van der Waals surface area contributed by atoms with Gasteiger partial charge in [-0.05, 0) is 66.9 Å². The van der Waals surface area contributed by atoms with Gasteiger partial charge in [0, 0.05) is 5.57 Å². The zero-order valence-corrected chi connectivity index (χ0v) is 19.0. The Balaban J connectivity index is 2.17. The maximum absolute atomic E-state index is 12.7. The van der Waals surface area contributed by atoms with Crippen LogP contribution in [0.5, 0.6) is 11.5 Å². The first-order chi connectivity index (χ1) is 14.3. The third-order valence-electron chi connectivity index (χ3n) is 4.53. The van der Waals surface area contributed by atoms with Crippen LogP contribution in [0, 0.1) is 0 Å². The van der Waals surface area contributed by atoms with E-state index in [9.17, 15) is 9.59 Å². The fourth-order valence-corrected chi connectivity index (χ4v) is 3.95. The largest absolute Gasteiger partial charge is 0.490 e. The molecule has 30 heavy (non-hydrogen) atoms. The highest BCUT2D eigenvalue weighted by Crippen LogP contribution is 2.41. The van der Waals surface area contributed by atoms with Crippen molar-refractivity contribution in [1.29, 1.82) is 0 Å². The van der Waals surface area contributed by atoms with E-state index in [4.69, 9.17) is 9.47 Å². The van der Waals surface area contributed by atoms with Crippen molar-refractivity contribution in [3.8, 4) is 11.5 Å². The third kappa shape index (κ3) is 4.67. The molecule has 0 saturated carbocycles. The van der Waals surface area contributed by atoms with Gasteiger partial charge in [0.2, 0.25) is 0 Å². The van der Waals surface area contributed by atoms with Gasteiger partial charge in [-0.3, -0.25) is 4.79 Å². The van der Waals surface area contributed by atoms with Crippen LogP contribution in [0.2, 0.25) is 0 Å². The summed E-state index contributed by atoms with van der Waals surface area (Å²) in [5.41, 5.74) is 2.47. The van der Waals surface area contributed by atoms with Gasteiger partial charge in [-0.15, -0.1) is 0 Å². The van der Waals surface area contributed by atoms with E-state index >= 15 is 0 Å². The molecular formula is C23H25BrN2O4. The lowest BCUT2D eigenvalue weighted by Crippen LogP contribution is -2.44. The van der Waals surface area contributed by atoms with Gasteiger partial charge in [-0.2, -0.15) is 0 Å². The minimum atomic E-state index is -0.630. The van der Waals surface area contributed by atoms with Crippen molar-refractivity contribution in [3.05, 3.63) is 63.6 Å². The SMILES string of the molecule is CCOc1cc([C@@H]2NC(=O)NC(c3ccccc3)=C2C(C)=O)cc(Br)c1OC(C)C. The normalized spacial score (nSPS) is 16.2. The van der Waals surface area contributed by atoms with Crippen molar-refractivity contribution in [2.75, 3.05) is 6.61 Å². The van der Waals surface area contributed by atoms with Crippen LogP contribution >= 0.6 is 15.9 Å². The Kier molecular flexibility index (Phi) is 6.82. The van der Waals surface area contributed by atoms with Gasteiger partial charge in [0.15, 0.2) is 17.3 Å². The maximum atomic E-state index is 12.7. The van der Waals surface area contributed by atoms with Crippen molar-refractivity contribution < 1.29 is 19.1 Å². The van der Waals surface area contributed by atoms with Crippen LogP contribution in [0.15, 0.2) is 52.5 Å². The predicted molar refractivity (Wildman–Crippen MR) is 120 cm³/mol. The van der Waals surface area contributed by atoms with Crippen LogP contribution in [-0.4, -0.2) is 24.5 Å². The molecule has 1 aliphatic rings. The Morgan fingerprint density at radius 1 is 1.20 bits per heavy atom. The first kappa shape index (κ1) is 21.9. The Morgan fingerprint density at radius 3 is 2.50 bits per heavy atom.